The van der Waals surface area contributed by atoms with E-state index in [0.29, 0.717) is 12.3 Å². The lowest BCUT2D eigenvalue weighted by atomic mass is 10.00. The number of aryl methyl sites for hydroxylation is 1. The van der Waals surface area contributed by atoms with E-state index >= 15 is 0 Å². The van der Waals surface area contributed by atoms with Gasteiger partial charge in [-0.15, -0.1) is 5.10 Å². The third kappa shape index (κ3) is 6.39. The molecule has 2 heterocycles. The Balaban J connectivity index is 1.51. The molecule has 0 saturated carbocycles. The minimum atomic E-state index is -0.152. The molecule has 4 rings (SSSR count). The summed E-state index contributed by atoms with van der Waals surface area (Å²) in [6.07, 6.45) is 4.81. The van der Waals surface area contributed by atoms with Crippen LogP contribution in [-0.4, -0.2) is 35.2 Å². The summed E-state index contributed by atoms with van der Waals surface area (Å²) in [5.74, 6) is 0.657. The van der Waals surface area contributed by atoms with Crippen LogP contribution in [0.1, 0.15) is 54.4 Å². The maximum Gasteiger partial charge on any atom is 0.272 e. The molecule has 33 heavy (non-hydrogen) atoms. The molecule has 6 nitrogen and oxygen atoms in total. The molecule has 0 bridgehead atoms. The number of aromatic nitrogens is 2. The van der Waals surface area contributed by atoms with Gasteiger partial charge in [-0.1, -0.05) is 55.8 Å². The van der Waals surface area contributed by atoms with Gasteiger partial charge in [0.25, 0.3) is 5.91 Å². The molecule has 1 fully saturated rings. The van der Waals surface area contributed by atoms with Crippen molar-refractivity contribution in [2.45, 2.75) is 51.7 Å². The largest absolute Gasteiger partial charge is 0.489 e. The minimum Gasteiger partial charge on any atom is -0.489 e. The number of amides is 1. The van der Waals surface area contributed by atoms with Crippen molar-refractivity contribution in [3.8, 4) is 16.9 Å². The topological polar surface area (TPSA) is 76.1 Å². The van der Waals surface area contributed by atoms with Crippen LogP contribution in [0.25, 0.3) is 11.1 Å². The molecule has 3 aromatic rings. The maximum atomic E-state index is 12.8. The Kier molecular flexibility index (Phi) is 8.04. The van der Waals surface area contributed by atoms with Crippen LogP contribution in [0.2, 0.25) is 0 Å². The normalized spacial score (nSPS) is 14.1. The molecule has 2 aromatic carbocycles. The molecule has 1 saturated heterocycles. The predicted octanol–water partition coefficient (Wildman–Crippen LogP) is 4.55. The highest BCUT2D eigenvalue weighted by molar-refractivity contribution is 5.93. The molecular weight excluding hydrogens is 412 g/mol. The average molecular weight is 445 g/mol. The van der Waals surface area contributed by atoms with Gasteiger partial charge in [-0.25, -0.2) is 0 Å². The van der Waals surface area contributed by atoms with Crippen molar-refractivity contribution in [1.29, 1.82) is 0 Å². The first-order valence-electron chi connectivity index (χ1n) is 11.9. The first-order chi connectivity index (χ1) is 16.2. The molecular formula is C27H32N4O2. The van der Waals surface area contributed by atoms with E-state index in [9.17, 15) is 4.79 Å². The van der Waals surface area contributed by atoms with Gasteiger partial charge in [-0.05, 0) is 68.1 Å². The van der Waals surface area contributed by atoms with Crippen molar-refractivity contribution >= 4 is 5.91 Å². The number of nitrogens with one attached hydrogen (secondary N) is 2. The van der Waals surface area contributed by atoms with E-state index in [4.69, 9.17) is 4.74 Å². The van der Waals surface area contributed by atoms with Crippen molar-refractivity contribution in [3.05, 3.63) is 77.6 Å². The summed E-state index contributed by atoms with van der Waals surface area (Å²) >= 11 is 0. The summed E-state index contributed by atoms with van der Waals surface area (Å²) in [5.41, 5.74) is 4.40. The Labute approximate surface area is 195 Å². The van der Waals surface area contributed by atoms with E-state index in [1.165, 1.54) is 0 Å². The van der Waals surface area contributed by atoms with Crippen LogP contribution >= 0.6 is 0 Å². The van der Waals surface area contributed by atoms with E-state index in [1.807, 2.05) is 60.7 Å². The summed E-state index contributed by atoms with van der Waals surface area (Å²) in [6, 6.07) is 20.2. The summed E-state index contributed by atoms with van der Waals surface area (Å²) in [5, 5.41) is 15.1. The van der Waals surface area contributed by atoms with Gasteiger partial charge in [0.2, 0.25) is 0 Å². The fraction of sp³-hybridized carbons (Fsp3) is 0.370. The maximum absolute atomic E-state index is 12.8. The lowest BCUT2D eigenvalue weighted by Gasteiger charge is -2.23. The highest BCUT2D eigenvalue weighted by Gasteiger charge is 2.19. The number of hydrogen-bond acceptors (Lipinski definition) is 5. The zero-order chi connectivity index (χ0) is 22.9. The Bertz CT molecular complexity index is 1030. The molecule has 0 aliphatic carbocycles. The number of hydrogen-bond donors (Lipinski definition) is 2. The van der Waals surface area contributed by atoms with E-state index in [1.54, 1.807) is 0 Å². The van der Waals surface area contributed by atoms with Gasteiger partial charge in [0.05, 0.1) is 5.69 Å². The van der Waals surface area contributed by atoms with Gasteiger partial charge < -0.3 is 15.4 Å². The molecule has 0 spiro atoms. The number of nitrogens with zero attached hydrogens (tertiary/aromatic N) is 2. The zero-order valence-electron chi connectivity index (χ0n) is 19.2. The van der Waals surface area contributed by atoms with Crippen LogP contribution < -0.4 is 15.4 Å². The number of piperidine rings is 1. The van der Waals surface area contributed by atoms with E-state index in [0.717, 1.165) is 73.3 Å². The summed E-state index contributed by atoms with van der Waals surface area (Å²) < 4.78 is 5.93. The summed E-state index contributed by atoms with van der Waals surface area (Å²) in [7, 11) is 0. The van der Waals surface area contributed by atoms with Gasteiger partial charge in [-0.2, -0.15) is 5.10 Å². The van der Waals surface area contributed by atoms with Crippen LogP contribution in [0.15, 0.2) is 60.7 Å². The van der Waals surface area contributed by atoms with Crippen LogP contribution in [0.4, 0.5) is 0 Å². The molecule has 1 aromatic heterocycles. The fourth-order valence-electron chi connectivity index (χ4n) is 4.00. The first kappa shape index (κ1) is 22.9. The zero-order valence-corrected chi connectivity index (χ0v) is 19.2. The lowest BCUT2D eigenvalue weighted by molar-refractivity contribution is 0.0923. The molecule has 0 radical (unpaired) electrons. The second kappa shape index (κ2) is 11.6. The Morgan fingerprint density at radius 3 is 2.55 bits per heavy atom. The van der Waals surface area contributed by atoms with E-state index < -0.39 is 0 Å². The molecule has 0 atom stereocenters. The molecule has 2 N–H and O–H groups in total. The van der Waals surface area contributed by atoms with Crippen LogP contribution in [0.3, 0.4) is 0 Å². The number of ether oxygens (including phenoxy) is 1. The van der Waals surface area contributed by atoms with E-state index in [-0.39, 0.29) is 11.9 Å². The van der Waals surface area contributed by atoms with Gasteiger partial charge in [0.15, 0.2) is 5.69 Å². The third-order valence-electron chi connectivity index (χ3n) is 5.96. The predicted molar refractivity (Wildman–Crippen MR) is 130 cm³/mol. The van der Waals surface area contributed by atoms with Crippen LogP contribution in [-0.2, 0) is 13.0 Å². The number of rotatable bonds is 9. The van der Waals surface area contributed by atoms with Crippen LogP contribution in [0.5, 0.6) is 5.75 Å². The van der Waals surface area contributed by atoms with Crippen molar-refractivity contribution in [2.75, 3.05) is 13.1 Å². The van der Waals surface area contributed by atoms with Crippen molar-refractivity contribution in [1.82, 2.24) is 20.8 Å². The standard InChI is InChI=1S/C27H32N4O2/c1-2-3-9-25-24(18-26(31-30-25)27(32)29-22-14-16-28-17-15-22)21-10-12-23(13-11-21)33-19-20-7-5-4-6-8-20/h4-8,10-13,18,22,28H,2-3,9,14-17,19H2,1H3,(H,29,32). The summed E-state index contributed by atoms with van der Waals surface area (Å²) in [4.78, 5) is 12.8. The average Bonchev–Trinajstić information content (AvgIpc) is 2.87. The highest BCUT2D eigenvalue weighted by Crippen LogP contribution is 2.27. The Morgan fingerprint density at radius 2 is 1.82 bits per heavy atom. The third-order valence-corrected chi connectivity index (χ3v) is 5.96. The quantitative estimate of drug-likeness (QED) is 0.506. The van der Waals surface area contributed by atoms with Crippen LogP contribution in [0, 0.1) is 0 Å². The Hall–Kier alpha value is -3.25. The molecule has 1 amide bonds. The monoisotopic (exact) mass is 444 g/mol. The highest BCUT2D eigenvalue weighted by atomic mass is 16.5. The molecule has 172 valence electrons. The number of carbonyl (C=O) groups excluding carboxylic acids is 1. The minimum absolute atomic E-state index is 0.152. The summed E-state index contributed by atoms with van der Waals surface area (Å²) in [6.45, 7) is 4.54. The number of carbonyl (C=O) groups is 1. The molecule has 6 heteroatoms. The van der Waals surface area contributed by atoms with Gasteiger partial charge >= 0.3 is 0 Å². The van der Waals surface area contributed by atoms with E-state index in [2.05, 4.69) is 27.8 Å². The molecule has 1 aliphatic rings. The van der Waals surface area contributed by atoms with Gasteiger partial charge in [0.1, 0.15) is 12.4 Å². The fourth-order valence-corrected chi connectivity index (χ4v) is 4.00. The number of unbranched alkanes of at least 4 members (excludes halogenated alkanes) is 1. The first-order valence-corrected chi connectivity index (χ1v) is 11.9. The van der Waals surface area contributed by atoms with Crippen molar-refractivity contribution in [2.24, 2.45) is 0 Å². The van der Waals surface area contributed by atoms with Gasteiger partial charge in [-0.3, -0.25) is 4.79 Å². The second-order valence-electron chi connectivity index (χ2n) is 8.49. The molecule has 1 aliphatic heterocycles. The number of benzene rings is 2. The SMILES string of the molecule is CCCCc1nnc(C(=O)NC2CCNCC2)cc1-c1ccc(OCc2ccccc2)cc1. The lowest BCUT2D eigenvalue weighted by Crippen LogP contribution is -2.43. The smallest absolute Gasteiger partial charge is 0.272 e. The molecule has 0 unspecified atom stereocenters. The van der Waals surface area contributed by atoms with Crippen molar-refractivity contribution < 1.29 is 9.53 Å². The van der Waals surface area contributed by atoms with Crippen molar-refractivity contribution in [3.63, 3.8) is 0 Å². The Morgan fingerprint density at radius 1 is 1.06 bits per heavy atom. The second-order valence-corrected chi connectivity index (χ2v) is 8.49. The van der Waals surface area contributed by atoms with Gasteiger partial charge in [0, 0.05) is 11.6 Å².